The Hall–Kier alpha value is -0.860. The summed E-state index contributed by atoms with van der Waals surface area (Å²) in [7, 11) is 0. The molecular formula is C13H19N2. The first-order valence-electron chi connectivity index (χ1n) is 5.87. The van der Waals surface area contributed by atoms with E-state index in [1.54, 1.807) is 0 Å². The molecule has 2 heteroatoms. The van der Waals surface area contributed by atoms with Gasteiger partial charge in [-0.3, -0.25) is 0 Å². The third-order valence-electron chi connectivity index (χ3n) is 2.91. The van der Waals surface area contributed by atoms with Crippen molar-refractivity contribution < 1.29 is 0 Å². The van der Waals surface area contributed by atoms with Crippen LogP contribution in [0.4, 0.5) is 0 Å². The van der Waals surface area contributed by atoms with Gasteiger partial charge in [-0.05, 0) is 17.5 Å². The zero-order valence-corrected chi connectivity index (χ0v) is 9.37. The molecule has 2 rings (SSSR count). The molecule has 0 amide bonds. The maximum atomic E-state index is 4.68. The van der Waals surface area contributed by atoms with E-state index in [-0.39, 0.29) is 0 Å². The van der Waals surface area contributed by atoms with Gasteiger partial charge in [0.25, 0.3) is 0 Å². The Morgan fingerprint density at radius 2 is 2.27 bits per heavy atom. The monoisotopic (exact) mass is 203 g/mol. The van der Waals surface area contributed by atoms with Crippen LogP contribution in [0.5, 0.6) is 0 Å². The van der Waals surface area contributed by atoms with Crippen molar-refractivity contribution in [3.8, 4) is 0 Å². The van der Waals surface area contributed by atoms with Gasteiger partial charge in [0.1, 0.15) is 0 Å². The second kappa shape index (κ2) is 5.29. The van der Waals surface area contributed by atoms with Gasteiger partial charge in [0.2, 0.25) is 0 Å². The Kier molecular flexibility index (Phi) is 3.75. The minimum absolute atomic E-state index is 0.376. The predicted octanol–water partition coefficient (Wildman–Crippen LogP) is 1.89. The highest BCUT2D eigenvalue weighted by Crippen LogP contribution is 2.20. The molecule has 2 nitrogen and oxygen atoms in total. The molecular weight excluding hydrogens is 184 g/mol. The van der Waals surface area contributed by atoms with E-state index >= 15 is 0 Å². The summed E-state index contributed by atoms with van der Waals surface area (Å²) >= 11 is 0. The molecule has 0 saturated carbocycles. The molecule has 15 heavy (non-hydrogen) atoms. The third-order valence-corrected chi connectivity index (χ3v) is 2.91. The number of hydrogen-bond acceptors (Lipinski definition) is 1. The van der Waals surface area contributed by atoms with Crippen LogP contribution in [-0.2, 0) is 6.42 Å². The maximum Gasteiger partial charge on any atom is 0.0623 e. The minimum atomic E-state index is 0.376. The summed E-state index contributed by atoms with van der Waals surface area (Å²) in [6.45, 7) is 5.21. The molecule has 1 saturated heterocycles. The first-order chi connectivity index (χ1) is 7.42. The van der Waals surface area contributed by atoms with E-state index in [0.717, 1.165) is 19.6 Å². The van der Waals surface area contributed by atoms with Crippen molar-refractivity contribution in [2.24, 2.45) is 0 Å². The molecule has 0 aliphatic carbocycles. The fraction of sp³-hybridized carbons (Fsp3) is 0.538. The highest BCUT2D eigenvalue weighted by atomic mass is 15.1. The molecule has 0 spiro atoms. The summed E-state index contributed by atoms with van der Waals surface area (Å²) in [5.74, 6) is 0. The Balaban J connectivity index is 2.17. The Morgan fingerprint density at radius 1 is 1.40 bits per heavy atom. The van der Waals surface area contributed by atoms with Crippen molar-refractivity contribution in [1.29, 1.82) is 0 Å². The van der Waals surface area contributed by atoms with Crippen LogP contribution < -0.4 is 10.6 Å². The van der Waals surface area contributed by atoms with Crippen molar-refractivity contribution in [2.75, 3.05) is 19.6 Å². The van der Waals surface area contributed by atoms with Gasteiger partial charge in [-0.25, -0.2) is 5.32 Å². The summed E-state index contributed by atoms with van der Waals surface area (Å²) < 4.78 is 0. The van der Waals surface area contributed by atoms with E-state index in [4.69, 9.17) is 0 Å². The van der Waals surface area contributed by atoms with Gasteiger partial charge in [-0.15, -0.1) is 0 Å². The zero-order valence-electron chi connectivity index (χ0n) is 9.37. The molecule has 1 unspecified atom stereocenters. The van der Waals surface area contributed by atoms with Gasteiger partial charge >= 0.3 is 0 Å². The number of piperazine rings is 1. The van der Waals surface area contributed by atoms with Crippen molar-refractivity contribution in [3.63, 3.8) is 0 Å². The van der Waals surface area contributed by atoms with Gasteiger partial charge in [0, 0.05) is 19.6 Å². The molecule has 1 atom stereocenters. The van der Waals surface area contributed by atoms with Gasteiger partial charge < -0.3 is 5.32 Å². The van der Waals surface area contributed by atoms with E-state index in [1.165, 1.54) is 24.0 Å². The molecule has 1 N–H and O–H groups in total. The van der Waals surface area contributed by atoms with Crippen molar-refractivity contribution >= 4 is 0 Å². The number of benzene rings is 1. The molecule has 81 valence electrons. The van der Waals surface area contributed by atoms with Crippen LogP contribution in [0.2, 0.25) is 0 Å². The van der Waals surface area contributed by atoms with Crippen molar-refractivity contribution in [3.05, 3.63) is 35.4 Å². The van der Waals surface area contributed by atoms with Gasteiger partial charge in [-0.1, -0.05) is 37.6 Å². The topological polar surface area (TPSA) is 26.1 Å². The summed E-state index contributed by atoms with van der Waals surface area (Å²) in [5, 5.41) is 8.09. The molecule has 1 fully saturated rings. The van der Waals surface area contributed by atoms with E-state index in [2.05, 4.69) is 41.8 Å². The number of aryl methyl sites for hydroxylation is 1. The smallest absolute Gasteiger partial charge is 0.0623 e. The lowest BCUT2D eigenvalue weighted by Gasteiger charge is -2.25. The SMILES string of the molecule is CCCc1ccccc1C1CNCC[N]1. The lowest BCUT2D eigenvalue weighted by atomic mass is 9.96. The van der Waals surface area contributed by atoms with Gasteiger partial charge in [0.15, 0.2) is 0 Å². The molecule has 1 aromatic rings. The Morgan fingerprint density at radius 3 is 3.00 bits per heavy atom. The molecule has 1 aromatic carbocycles. The van der Waals surface area contributed by atoms with E-state index in [1.807, 2.05) is 0 Å². The summed E-state index contributed by atoms with van der Waals surface area (Å²) in [4.78, 5) is 0. The molecule has 1 aliphatic rings. The molecule has 1 aliphatic heterocycles. The van der Waals surface area contributed by atoms with E-state index in [9.17, 15) is 0 Å². The fourth-order valence-electron chi connectivity index (χ4n) is 2.17. The van der Waals surface area contributed by atoms with Crippen LogP contribution in [0, 0.1) is 0 Å². The summed E-state index contributed by atoms with van der Waals surface area (Å²) in [6.07, 6.45) is 2.37. The highest BCUT2D eigenvalue weighted by Gasteiger charge is 2.17. The van der Waals surface area contributed by atoms with E-state index in [0.29, 0.717) is 6.04 Å². The highest BCUT2D eigenvalue weighted by molar-refractivity contribution is 5.30. The number of rotatable bonds is 3. The van der Waals surface area contributed by atoms with E-state index < -0.39 is 0 Å². The summed E-state index contributed by atoms with van der Waals surface area (Å²) in [5.41, 5.74) is 2.89. The Bertz CT molecular complexity index is 303. The number of nitrogens with one attached hydrogen (secondary N) is 1. The average Bonchev–Trinajstić information content (AvgIpc) is 2.31. The second-order valence-electron chi connectivity index (χ2n) is 4.07. The normalized spacial score (nSPS) is 21.5. The molecule has 1 heterocycles. The van der Waals surface area contributed by atoms with Crippen LogP contribution in [-0.4, -0.2) is 19.6 Å². The van der Waals surface area contributed by atoms with Crippen LogP contribution in [0.25, 0.3) is 0 Å². The molecule has 0 aromatic heterocycles. The average molecular weight is 203 g/mol. The maximum absolute atomic E-state index is 4.68. The van der Waals surface area contributed by atoms with Crippen LogP contribution in [0.1, 0.15) is 30.5 Å². The quantitative estimate of drug-likeness (QED) is 0.797. The predicted molar refractivity (Wildman–Crippen MR) is 63.0 cm³/mol. The number of hydrogen-bond donors (Lipinski definition) is 1. The first kappa shape index (κ1) is 10.7. The first-order valence-corrected chi connectivity index (χ1v) is 5.87. The lowest BCUT2D eigenvalue weighted by Crippen LogP contribution is -2.38. The molecule has 1 radical (unpaired) electrons. The van der Waals surface area contributed by atoms with Gasteiger partial charge in [0.05, 0.1) is 6.04 Å². The van der Waals surface area contributed by atoms with Crippen LogP contribution >= 0.6 is 0 Å². The fourth-order valence-corrected chi connectivity index (χ4v) is 2.17. The third kappa shape index (κ3) is 2.58. The summed E-state index contributed by atoms with van der Waals surface area (Å²) in [6, 6.07) is 9.10. The van der Waals surface area contributed by atoms with Gasteiger partial charge in [-0.2, -0.15) is 0 Å². The zero-order chi connectivity index (χ0) is 10.5. The van der Waals surface area contributed by atoms with Crippen LogP contribution in [0.15, 0.2) is 24.3 Å². The van der Waals surface area contributed by atoms with Crippen LogP contribution in [0.3, 0.4) is 0 Å². The second-order valence-corrected chi connectivity index (χ2v) is 4.07. The lowest BCUT2D eigenvalue weighted by molar-refractivity contribution is 0.419. The Labute approximate surface area is 92.1 Å². The van der Waals surface area contributed by atoms with Crippen molar-refractivity contribution in [1.82, 2.24) is 10.6 Å². The van der Waals surface area contributed by atoms with Crippen molar-refractivity contribution in [2.45, 2.75) is 25.8 Å². The minimum Gasteiger partial charge on any atom is -0.313 e. The largest absolute Gasteiger partial charge is 0.313 e. The molecule has 0 bridgehead atoms. The standard InChI is InChI=1S/C13H19N2/c1-2-5-11-6-3-4-7-12(11)13-10-14-8-9-15-13/h3-4,6-7,13-14H,2,5,8-10H2,1H3. The number of nitrogens with zero attached hydrogens (tertiary/aromatic N) is 1.